The Balaban J connectivity index is 1.58. The molecule has 170 valence electrons. The maximum atomic E-state index is 13.5. The molecule has 0 saturated heterocycles. The molecule has 0 atom stereocenters. The van der Waals surface area contributed by atoms with Gasteiger partial charge in [0.25, 0.3) is 11.8 Å². The number of carbonyl (C=O) groups excluding carboxylic acids is 3. The molecule has 9 heteroatoms. The van der Waals surface area contributed by atoms with Crippen molar-refractivity contribution < 1.29 is 14.4 Å². The van der Waals surface area contributed by atoms with Crippen molar-refractivity contribution >= 4 is 40.7 Å². The number of para-hydroxylation sites is 1. The molecule has 2 aromatic carbocycles. The van der Waals surface area contributed by atoms with Crippen molar-refractivity contribution in [3.8, 4) is 5.69 Å². The average molecular weight is 466 g/mol. The molecule has 0 radical (unpaired) electrons. The molecule has 3 amide bonds. The van der Waals surface area contributed by atoms with E-state index in [0.29, 0.717) is 53.6 Å². The number of hydrogen-bond donors (Lipinski definition) is 2. The Labute approximate surface area is 196 Å². The first-order valence-electron chi connectivity index (χ1n) is 10.7. The monoisotopic (exact) mass is 465 g/mol. The molecule has 0 fully saturated rings. The van der Waals surface area contributed by atoms with Crippen molar-refractivity contribution in [3.05, 3.63) is 71.5 Å². The van der Waals surface area contributed by atoms with E-state index in [-0.39, 0.29) is 17.5 Å². The van der Waals surface area contributed by atoms with Gasteiger partial charge >= 0.3 is 0 Å². The number of nitrogens with two attached hydrogens (primary N) is 1. The third kappa shape index (κ3) is 4.75. The van der Waals surface area contributed by atoms with Gasteiger partial charge in [-0.1, -0.05) is 18.2 Å². The number of amides is 3. The second-order valence-electron chi connectivity index (χ2n) is 7.74. The summed E-state index contributed by atoms with van der Waals surface area (Å²) in [6, 6.07) is 16.3. The third-order valence-electron chi connectivity index (χ3n) is 5.50. The summed E-state index contributed by atoms with van der Waals surface area (Å²) < 4.78 is 1.49. The first-order chi connectivity index (χ1) is 16.0. The predicted molar refractivity (Wildman–Crippen MR) is 127 cm³/mol. The summed E-state index contributed by atoms with van der Waals surface area (Å²) in [5, 5.41) is 7.21. The maximum Gasteiger partial charge on any atom is 0.277 e. The zero-order chi connectivity index (χ0) is 23.4. The maximum absolute atomic E-state index is 13.5. The van der Waals surface area contributed by atoms with Gasteiger partial charge in [0.2, 0.25) is 5.91 Å². The van der Waals surface area contributed by atoms with E-state index in [9.17, 15) is 14.4 Å². The Morgan fingerprint density at radius 2 is 1.76 bits per heavy atom. The average Bonchev–Trinajstić information content (AvgIpc) is 3.22. The molecule has 1 aliphatic heterocycles. The number of rotatable bonds is 8. The Morgan fingerprint density at radius 1 is 1.03 bits per heavy atom. The van der Waals surface area contributed by atoms with Crippen LogP contribution < -0.4 is 16.0 Å². The van der Waals surface area contributed by atoms with E-state index in [4.69, 9.17) is 17.3 Å². The van der Waals surface area contributed by atoms with Crippen LogP contribution in [-0.4, -0.2) is 39.9 Å². The van der Waals surface area contributed by atoms with Gasteiger partial charge in [0, 0.05) is 35.8 Å². The topological polar surface area (TPSA) is 110 Å². The molecule has 0 aliphatic carbocycles. The summed E-state index contributed by atoms with van der Waals surface area (Å²) in [4.78, 5) is 39.1. The summed E-state index contributed by atoms with van der Waals surface area (Å²) >= 11 is 5.65. The third-order valence-corrected chi connectivity index (χ3v) is 5.77. The highest BCUT2D eigenvalue weighted by molar-refractivity contribution is 6.17. The van der Waals surface area contributed by atoms with Crippen LogP contribution in [0.15, 0.2) is 54.6 Å². The first kappa shape index (κ1) is 22.5. The molecule has 3 N–H and O–H groups in total. The van der Waals surface area contributed by atoms with Crippen molar-refractivity contribution in [3.63, 3.8) is 0 Å². The number of anilines is 2. The van der Waals surface area contributed by atoms with Gasteiger partial charge in [-0.25, -0.2) is 4.68 Å². The van der Waals surface area contributed by atoms with Gasteiger partial charge in [-0.3, -0.25) is 14.4 Å². The molecule has 1 aliphatic rings. The molecule has 3 aromatic rings. The van der Waals surface area contributed by atoms with Gasteiger partial charge < -0.3 is 16.0 Å². The number of nitrogens with zero attached hydrogens (tertiary/aromatic N) is 3. The SMILES string of the molecule is NC(=O)c1nn(-c2ccccc2)c2c1CCN(c1ccc(NC(=O)CCCCCl)cc1)C2=O. The minimum absolute atomic E-state index is 0.0719. The fourth-order valence-corrected chi connectivity index (χ4v) is 4.08. The minimum Gasteiger partial charge on any atom is -0.364 e. The summed E-state index contributed by atoms with van der Waals surface area (Å²) in [7, 11) is 0. The number of hydrogen-bond acceptors (Lipinski definition) is 4. The fourth-order valence-electron chi connectivity index (χ4n) is 3.89. The van der Waals surface area contributed by atoms with Gasteiger partial charge in [-0.2, -0.15) is 5.10 Å². The molecule has 4 rings (SSSR count). The van der Waals surface area contributed by atoms with Crippen LogP contribution in [0, 0.1) is 0 Å². The van der Waals surface area contributed by atoms with E-state index in [1.54, 1.807) is 29.2 Å². The number of carbonyl (C=O) groups is 3. The quantitative estimate of drug-likeness (QED) is 0.391. The second-order valence-corrected chi connectivity index (χ2v) is 8.11. The van der Waals surface area contributed by atoms with Gasteiger partial charge in [0.15, 0.2) is 5.69 Å². The van der Waals surface area contributed by atoms with Crippen molar-refractivity contribution in [2.24, 2.45) is 5.73 Å². The van der Waals surface area contributed by atoms with Crippen LogP contribution in [0.25, 0.3) is 5.69 Å². The van der Waals surface area contributed by atoms with E-state index < -0.39 is 5.91 Å². The minimum atomic E-state index is -0.659. The molecular weight excluding hydrogens is 442 g/mol. The van der Waals surface area contributed by atoms with E-state index >= 15 is 0 Å². The van der Waals surface area contributed by atoms with E-state index in [2.05, 4.69) is 10.4 Å². The van der Waals surface area contributed by atoms with Gasteiger partial charge in [0.1, 0.15) is 5.69 Å². The molecule has 1 aromatic heterocycles. The molecule has 0 unspecified atom stereocenters. The Morgan fingerprint density at radius 3 is 2.42 bits per heavy atom. The van der Waals surface area contributed by atoms with Crippen molar-refractivity contribution in [1.29, 1.82) is 0 Å². The lowest BCUT2D eigenvalue weighted by Gasteiger charge is -2.28. The normalized spacial score (nSPS) is 13.0. The summed E-state index contributed by atoms with van der Waals surface area (Å²) in [5.41, 5.74) is 8.56. The second kappa shape index (κ2) is 9.87. The highest BCUT2D eigenvalue weighted by atomic mass is 35.5. The van der Waals surface area contributed by atoms with Crippen molar-refractivity contribution in [2.45, 2.75) is 25.7 Å². The molecule has 0 saturated carbocycles. The van der Waals surface area contributed by atoms with E-state index in [1.165, 1.54) is 4.68 Å². The number of halogens is 1. The smallest absolute Gasteiger partial charge is 0.277 e. The number of nitrogens with one attached hydrogen (secondary N) is 1. The molecule has 33 heavy (non-hydrogen) atoms. The van der Waals surface area contributed by atoms with Gasteiger partial charge in [-0.15, -0.1) is 11.6 Å². The largest absolute Gasteiger partial charge is 0.364 e. The molecule has 0 spiro atoms. The van der Waals surface area contributed by atoms with Crippen LogP contribution in [0.3, 0.4) is 0 Å². The summed E-state index contributed by atoms with van der Waals surface area (Å²) in [6.45, 7) is 0.386. The lowest BCUT2D eigenvalue weighted by atomic mass is 10.0. The molecule has 8 nitrogen and oxygen atoms in total. The first-order valence-corrected chi connectivity index (χ1v) is 11.3. The highest BCUT2D eigenvalue weighted by Crippen LogP contribution is 2.29. The van der Waals surface area contributed by atoms with Crippen LogP contribution in [0.1, 0.15) is 45.8 Å². The molecule has 2 heterocycles. The highest BCUT2D eigenvalue weighted by Gasteiger charge is 2.34. The number of benzene rings is 2. The van der Waals surface area contributed by atoms with Crippen LogP contribution in [0.2, 0.25) is 0 Å². The van der Waals surface area contributed by atoms with Gasteiger partial charge in [0.05, 0.1) is 5.69 Å². The lowest BCUT2D eigenvalue weighted by molar-refractivity contribution is -0.116. The number of alkyl halides is 1. The summed E-state index contributed by atoms with van der Waals surface area (Å²) in [5.74, 6) is -0.457. The zero-order valence-corrected chi connectivity index (χ0v) is 18.7. The van der Waals surface area contributed by atoms with Crippen molar-refractivity contribution in [1.82, 2.24) is 9.78 Å². The standard InChI is InChI=1S/C24H24ClN5O3/c25-14-5-4-8-20(31)27-16-9-11-17(12-10-16)29-15-13-19-21(23(26)32)28-30(22(19)24(29)33)18-6-2-1-3-7-18/h1-3,6-7,9-12H,4-5,8,13-15H2,(H2,26,32)(H,27,31). The molecule has 0 bridgehead atoms. The van der Waals surface area contributed by atoms with Crippen molar-refractivity contribution in [2.75, 3.05) is 22.6 Å². The Hall–Kier alpha value is -3.65. The fraction of sp³-hybridized carbons (Fsp3) is 0.250. The van der Waals surface area contributed by atoms with Crippen LogP contribution >= 0.6 is 11.6 Å². The Bertz CT molecular complexity index is 1170. The van der Waals surface area contributed by atoms with Gasteiger partial charge in [-0.05, 0) is 55.7 Å². The van der Waals surface area contributed by atoms with E-state index in [0.717, 1.165) is 12.8 Å². The number of fused-ring (bicyclic) bond motifs is 1. The van der Waals surface area contributed by atoms with Crippen LogP contribution in [-0.2, 0) is 11.2 Å². The van der Waals surface area contributed by atoms with E-state index in [1.807, 2.05) is 30.3 Å². The number of aromatic nitrogens is 2. The zero-order valence-electron chi connectivity index (χ0n) is 18.0. The van der Waals surface area contributed by atoms with Crippen LogP contribution in [0.4, 0.5) is 11.4 Å². The van der Waals surface area contributed by atoms with Crippen LogP contribution in [0.5, 0.6) is 0 Å². The lowest BCUT2D eigenvalue weighted by Crippen LogP contribution is -2.39. The predicted octanol–water partition coefficient (Wildman–Crippen LogP) is 3.52. The number of unbranched alkanes of at least 4 members (excludes halogenated alkanes) is 1. The number of primary amides is 1. The molecular formula is C24H24ClN5O3. The Kier molecular flexibility index (Phi) is 6.74. The summed E-state index contributed by atoms with van der Waals surface area (Å²) in [6.07, 6.45) is 2.39.